The second-order valence-corrected chi connectivity index (χ2v) is 6.17. The highest BCUT2D eigenvalue weighted by atomic mass is 16.5. The van der Waals surface area contributed by atoms with Crippen molar-refractivity contribution in [2.75, 3.05) is 20.2 Å². The molecule has 23 heavy (non-hydrogen) atoms. The number of esters is 1. The van der Waals surface area contributed by atoms with E-state index in [2.05, 4.69) is 20.9 Å². The molecule has 2 aromatic rings. The Hall–Kier alpha value is -2.13. The number of ether oxygens (including phenoxy) is 1. The quantitative estimate of drug-likeness (QED) is 0.795. The average Bonchev–Trinajstić information content (AvgIpc) is 2.57. The van der Waals surface area contributed by atoms with E-state index in [1.165, 1.54) is 4.90 Å². The number of hydrogen-bond donors (Lipinski definition) is 1. The summed E-state index contributed by atoms with van der Waals surface area (Å²) in [7, 11) is 2.12. The highest BCUT2D eigenvalue weighted by molar-refractivity contribution is 5.82. The molecular weight excluding hydrogens is 286 g/mol. The van der Waals surface area contributed by atoms with Crippen molar-refractivity contribution >= 4 is 5.97 Å². The molecule has 2 aromatic carbocycles. The molecule has 1 unspecified atom stereocenters. The van der Waals surface area contributed by atoms with Crippen molar-refractivity contribution in [3.63, 3.8) is 0 Å². The van der Waals surface area contributed by atoms with Crippen LogP contribution in [-0.4, -0.2) is 32.2 Å². The van der Waals surface area contributed by atoms with E-state index in [1.807, 2.05) is 60.7 Å². The number of rotatable bonds is 7. The van der Waals surface area contributed by atoms with Gasteiger partial charge in [-0.3, -0.25) is 4.79 Å². The highest BCUT2D eigenvalue weighted by Gasteiger charge is 2.24. The molecule has 3 heteroatoms. The Morgan fingerprint density at radius 3 is 1.87 bits per heavy atom. The third-order valence-corrected chi connectivity index (χ3v) is 4.23. The maximum absolute atomic E-state index is 12.7. The molecule has 1 N–H and O–H groups in total. The molecule has 0 spiro atoms. The standard InChI is InChI=1S/C20H25NO2/c1-16(2)21(3)14-15-23-20(22)19(17-10-6-4-7-11-17)18-12-8-5-9-13-18/h4-13,16,19H,14-15H2,1-3H3/p+1. The minimum atomic E-state index is -0.364. The van der Waals surface area contributed by atoms with Crippen molar-refractivity contribution in [1.29, 1.82) is 0 Å². The Bertz CT molecular complexity index is 556. The van der Waals surface area contributed by atoms with E-state index in [-0.39, 0.29) is 11.9 Å². The molecule has 0 aliphatic rings. The molecule has 0 saturated heterocycles. The zero-order chi connectivity index (χ0) is 16.7. The normalized spacial score (nSPS) is 12.4. The van der Waals surface area contributed by atoms with Gasteiger partial charge in [0.15, 0.2) is 0 Å². The summed E-state index contributed by atoms with van der Waals surface area (Å²) in [6.45, 7) is 5.58. The van der Waals surface area contributed by atoms with Gasteiger partial charge in [0.25, 0.3) is 0 Å². The topological polar surface area (TPSA) is 30.7 Å². The van der Waals surface area contributed by atoms with Crippen LogP contribution in [0.15, 0.2) is 60.7 Å². The summed E-state index contributed by atoms with van der Waals surface area (Å²) in [6.07, 6.45) is 0. The Kier molecular flexibility index (Phi) is 6.36. The van der Waals surface area contributed by atoms with Gasteiger partial charge in [-0.25, -0.2) is 0 Å². The molecule has 2 rings (SSSR count). The van der Waals surface area contributed by atoms with E-state index >= 15 is 0 Å². The molecular formula is C20H26NO2+. The van der Waals surface area contributed by atoms with Crippen LogP contribution in [0.5, 0.6) is 0 Å². The molecule has 0 heterocycles. The number of likely N-dealkylation sites (N-methyl/N-ethyl adjacent to an activating group) is 1. The second-order valence-electron chi connectivity index (χ2n) is 6.17. The van der Waals surface area contributed by atoms with E-state index in [0.717, 1.165) is 17.7 Å². The van der Waals surface area contributed by atoms with Crippen molar-refractivity contribution in [2.24, 2.45) is 0 Å². The molecule has 122 valence electrons. The van der Waals surface area contributed by atoms with Gasteiger partial charge in [-0.15, -0.1) is 0 Å². The molecule has 0 aromatic heterocycles. The smallest absolute Gasteiger partial charge is 0.318 e. The number of quaternary nitrogens is 1. The fourth-order valence-corrected chi connectivity index (χ4v) is 2.44. The first kappa shape index (κ1) is 17.2. The fraction of sp³-hybridized carbons (Fsp3) is 0.350. The Labute approximate surface area is 138 Å². The van der Waals surface area contributed by atoms with Crippen LogP contribution in [0.2, 0.25) is 0 Å². The van der Waals surface area contributed by atoms with Crippen LogP contribution in [0.25, 0.3) is 0 Å². The Morgan fingerprint density at radius 2 is 1.43 bits per heavy atom. The molecule has 0 radical (unpaired) electrons. The van der Waals surface area contributed by atoms with E-state index < -0.39 is 0 Å². The van der Waals surface area contributed by atoms with E-state index in [4.69, 9.17) is 4.74 Å². The number of benzene rings is 2. The van der Waals surface area contributed by atoms with Crippen molar-refractivity contribution < 1.29 is 14.4 Å². The maximum atomic E-state index is 12.7. The van der Waals surface area contributed by atoms with Gasteiger partial charge in [0.2, 0.25) is 0 Å². The minimum absolute atomic E-state index is 0.182. The third kappa shape index (κ3) is 4.93. The maximum Gasteiger partial charge on any atom is 0.318 e. The minimum Gasteiger partial charge on any atom is -0.459 e. The molecule has 3 nitrogen and oxygen atoms in total. The van der Waals surface area contributed by atoms with Gasteiger partial charge >= 0.3 is 5.97 Å². The summed E-state index contributed by atoms with van der Waals surface area (Å²) in [5.41, 5.74) is 1.93. The molecule has 0 saturated carbocycles. The monoisotopic (exact) mass is 312 g/mol. The van der Waals surface area contributed by atoms with Crippen molar-refractivity contribution in [3.05, 3.63) is 71.8 Å². The highest BCUT2D eigenvalue weighted by Crippen LogP contribution is 2.25. The van der Waals surface area contributed by atoms with Crippen LogP contribution in [0.1, 0.15) is 30.9 Å². The molecule has 0 aliphatic heterocycles. The lowest BCUT2D eigenvalue weighted by Gasteiger charge is -2.20. The van der Waals surface area contributed by atoms with Crippen LogP contribution in [0, 0.1) is 0 Å². The first-order valence-corrected chi connectivity index (χ1v) is 8.18. The van der Waals surface area contributed by atoms with Gasteiger partial charge < -0.3 is 9.64 Å². The molecule has 0 amide bonds. The van der Waals surface area contributed by atoms with Crippen LogP contribution in [-0.2, 0) is 9.53 Å². The van der Waals surface area contributed by atoms with E-state index in [1.54, 1.807) is 0 Å². The third-order valence-electron chi connectivity index (χ3n) is 4.23. The van der Waals surface area contributed by atoms with Crippen LogP contribution < -0.4 is 4.90 Å². The Morgan fingerprint density at radius 1 is 0.957 bits per heavy atom. The summed E-state index contributed by atoms with van der Waals surface area (Å²) >= 11 is 0. The van der Waals surface area contributed by atoms with Gasteiger partial charge in [0.05, 0.1) is 13.1 Å². The van der Waals surface area contributed by atoms with Crippen LogP contribution >= 0.6 is 0 Å². The summed E-state index contributed by atoms with van der Waals surface area (Å²) in [6, 6.07) is 20.2. The molecule has 0 aliphatic carbocycles. The number of carbonyl (C=O) groups is 1. The summed E-state index contributed by atoms with van der Waals surface area (Å²) < 4.78 is 5.57. The molecule has 1 atom stereocenters. The number of nitrogens with one attached hydrogen (secondary N) is 1. The van der Waals surface area contributed by atoms with Crippen molar-refractivity contribution in [1.82, 2.24) is 0 Å². The number of carbonyl (C=O) groups excluding carboxylic acids is 1. The van der Waals surface area contributed by atoms with Gasteiger partial charge in [-0.05, 0) is 25.0 Å². The fourth-order valence-electron chi connectivity index (χ4n) is 2.44. The lowest BCUT2D eigenvalue weighted by molar-refractivity contribution is -0.901. The van der Waals surface area contributed by atoms with E-state index in [9.17, 15) is 4.79 Å². The average molecular weight is 312 g/mol. The largest absolute Gasteiger partial charge is 0.459 e. The first-order chi connectivity index (χ1) is 11.1. The van der Waals surface area contributed by atoms with Crippen molar-refractivity contribution in [3.8, 4) is 0 Å². The lowest BCUT2D eigenvalue weighted by Crippen LogP contribution is -3.12. The summed E-state index contributed by atoms with van der Waals surface area (Å²) in [4.78, 5) is 14.0. The summed E-state index contributed by atoms with van der Waals surface area (Å²) in [5.74, 6) is -0.546. The lowest BCUT2D eigenvalue weighted by atomic mass is 9.91. The molecule has 0 bridgehead atoms. The zero-order valence-electron chi connectivity index (χ0n) is 14.2. The molecule has 0 fully saturated rings. The van der Waals surface area contributed by atoms with Crippen LogP contribution in [0.4, 0.5) is 0 Å². The Balaban J connectivity index is 2.10. The SMILES string of the molecule is CC(C)[NH+](C)CCOC(=O)C(c1ccccc1)c1ccccc1. The number of hydrogen-bond acceptors (Lipinski definition) is 2. The second kappa shape index (κ2) is 8.49. The van der Waals surface area contributed by atoms with Crippen LogP contribution in [0.3, 0.4) is 0 Å². The van der Waals surface area contributed by atoms with Gasteiger partial charge in [-0.2, -0.15) is 0 Å². The zero-order valence-corrected chi connectivity index (χ0v) is 14.2. The van der Waals surface area contributed by atoms with Gasteiger partial charge in [-0.1, -0.05) is 60.7 Å². The predicted octanol–water partition coefficient (Wildman–Crippen LogP) is 2.28. The van der Waals surface area contributed by atoms with Gasteiger partial charge in [0.1, 0.15) is 19.1 Å². The van der Waals surface area contributed by atoms with Gasteiger partial charge in [0, 0.05) is 0 Å². The van der Waals surface area contributed by atoms with E-state index in [0.29, 0.717) is 12.6 Å². The first-order valence-electron chi connectivity index (χ1n) is 8.18. The van der Waals surface area contributed by atoms with Crippen molar-refractivity contribution in [2.45, 2.75) is 25.8 Å². The predicted molar refractivity (Wildman–Crippen MR) is 92.6 cm³/mol. The summed E-state index contributed by atoms with van der Waals surface area (Å²) in [5, 5.41) is 0.